The number of hydrogen-bond donors (Lipinski definition) is 0. The highest BCUT2D eigenvalue weighted by Gasteiger charge is 2.44. The van der Waals surface area contributed by atoms with E-state index in [0.717, 1.165) is 32.2 Å². The largest absolute Gasteiger partial charge is 0.465 e. The van der Waals surface area contributed by atoms with Gasteiger partial charge in [0, 0.05) is 12.5 Å². The van der Waals surface area contributed by atoms with Gasteiger partial charge in [-0.2, -0.15) is 11.3 Å². The number of likely N-dealkylation sites (tertiary alicyclic amines) is 1. The molecular formula is C17H25NO2S. The van der Waals surface area contributed by atoms with Crippen molar-refractivity contribution >= 4 is 17.3 Å². The quantitative estimate of drug-likeness (QED) is 0.798. The van der Waals surface area contributed by atoms with Gasteiger partial charge in [0.25, 0.3) is 0 Å². The van der Waals surface area contributed by atoms with E-state index >= 15 is 0 Å². The topological polar surface area (TPSA) is 29.5 Å². The Balaban J connectivity index is 1.63. The Morgan fingerprint density at radius 2 is 2.24 bits per heavy atom. The fraction of sp³-hybridized carbons (Fsp3) is 0.706. The summed E-state index contributed by atoms with van der Waals surface area (Å²) < 4.78 is 5.78. The molecule has 4 heteroatoms. The molecule has 2 fully saturated rings. The van der Waals surface area contributed by atoms with Crippen molar-refractivity contribution in [1.82, 2.24) is 4.90 Å². The van der Waals surface area contributed by atoms with Gasteiger partial charge in [0.15, 0.2) is 0 Å². The smallest absolute Gasteiger partial charge is 0.316 e. The molecule has 0 N–H and O–H groups in total. The molecule has 1 aromatic rings. The normalized spacial score (nSPS) is 25.9. The summed E-state index contributed by atoms with van der Waals surface area (Å²) in [5.74, 6) is 0.528. The van der Waals surface area contributed by atoms with Gasteiger partial charge in [-0.3, -0.25) is 4.79 Å². The van der Waals surface area contributed by atoms with E-state index in [4.69, 9.17) is 4.74 Å². The molecule has 0 bridgehead atoms. The highest BCUT2D eigenvalue weighted by Crippen LogP contribution is 2.43. The summed E-state index contributed by atoms with van der Waals surface area (Å²) in [6.45, 7) is 2.82. The predicted molar refractivity (Wildman–Crippen MR) is 85.6 cm³/mol. The molecule has 2 aliphatic rings. The van der Waals surface area contributed by atoms with Gasteiger partial charge in [-0.15, -0.1) is 0 Å². The van der Waals surface area contributed by atoms with E-state index in [0.29, 0.717) is 12.5 Å². The molecule has 2 heterocycles. The van der Waals surface area contributed by atoms with Crippen LogP contribution in [0.5, 0.6) is 0 Å². The summed E-state index contributed by atoms with van der Waals surface area (Å²) in [5.41, 5.74) is 0.830. The summed E-state index contributed by atoms with van der Waals surface area (Å²) in [4.78, 5) is 15.1. The molecule has 3 rings (SSSR count). The molecule has 1 aliphatic heterocycles. The first-order valence-corrected chi connectivity index (χ1v) is 9.03. The Morgan fingerprint density at radius 1 is 1.43 bits per heavy atom. The minimum atomic E-state index is -0.347. The minimum absolute atomic E-state index is 0.0200. The number of thiophene rings is 1. The van der Waals surface area contributed by atoms with Gasteiger partial charge in [-0.25, -0.2) is 0 Å². The molecule has 1 saturated carbocycles. The zero-order valence-electron chi connectivity index (χ0n) is 12.8. The van der Waals surface area contributed by atoms with Crippen molar-refractivity contribution in [3.05, 3.63) is 22.4 Å². The molecule has 1 saturated heterocycles. The van der Waals surface area contributed by atoms with Gasteiger partial charge < -0.3 is 9.64 Å². The number of nitrogens with zero attached hydrogens (tertiary/aromatic N) is 1. The number of piperidine rings is 1. The number of carbonyl (C=O) groups is 1. The van der Waals surface area contributed by atoms with Crippen molar-refractivity contribution in [2.75, 3.05) is 26.7 Å². The molecule has 21 heavy (non-hydrogen) atoms. The van der Waals surface area contributed by atoms with Crippen LogP contribution >= 0.6 is 11.3 Å². The fourth-order valence-corrected chi connectivity index (χ4v) is 4.62. The van der Waals surface area contributed by atoms with Crippen LogP contribution in [-0.4, -0.2) is 37.6 Å². The third-order valence-corrected chi connectivity index (χ3v) is 5.78. The fourth-order valence-electron chi connectivity index (χ4n) is 3.87. The lowest BCUT2D eigenvalue weighted by molar-refractivity contribution is -0.152. The SMILES string of the molecule is CN1CCCC(COC(=O)C2(c3ccsc3)CCCC2)C1. The lowest BCUT2D eigenvalue weighted by atomic mass is 9.80. The highest BCUT2D eigenvalue weighted by molar-refractivity contribution is 7.08. The van der Waals surface area contributed by atoms with Crippen LogP contribution in [0.1, 0.15) is 44.1 Å². The van der Waals surface area contributed by atoms with Gasteiger partial charge in [-0.05, 0) is 61.7 Å². The van der Waals surface area contributed by atoms with Crippen LogP contribution in [0.25, 0.3) is 0 Å². The van der Waals surface area contributed by atoms with E-state index in [1.165, 1.54) is 24.9 Å². The second kappa shape index (κ2) is 6.49. The van der Waals surface area contributed by atoms with Crippen molar-refractivity contribution in [3.8, 4) is 0 Å². The third-order valence-electron chi connectivity index (χ3n) is 5.09. The van der Waals surface area contributed by atoms with E-state index in [-0.39, 0.29) is 11.4 Å². The average molecular weight is 307 g/mol. The van der Waals surface area contributed by atoms with E-state index in [2.05, 4.69) is 28.8 Å². The Hall–Kier alpha value is -0.870. The summed E-state index contributed by atoms with van der Waals surface area (Å²) >= 11 is 1.67. The third kappa shape index (κ3) is 3.16. The highest BCUT2D eigenvalue weighted by atomic mass is 32.1. The van der Waals surface area contributed by atoms with Crippen molar-refractivity contribution in [3.63, 3.8) is 0 Å². The maximum Gasteiger partial charge on any atom is 0.316 e. The van der Waals surface area contributed by atoms with Crippen molar-refractivity contribution in [2.24, 2.45) is 5.92 Å². The second-order valence-electron chi connectivity index (χ2n) is 6.67. The Bertz CT molecular complexity index is 465. The molecule has 116 valence electrons. The summed E-state index contributed by atoms with van der Waals surface area (Å²) in [6.07, 6.45) is 6.58. The summed E-state index contributed by atoms with van der Waals surface area (Å²) in [6, 6.07) is 2.10. The zero-order chi connectivity index (χ0) is 14.7. The average Bonchev–Trinajstić information content (AvgIpc) is 3.16. The lowest BCUT2D eigenvalue weighted by Crippen LogP contribution is -2.38. The standard InChI is InChI=1S/C17H25NO2S/c1-18-9-4-5-14(11-18)12-20-16(19)17(7-2-3-8-17)15-6-10-21-13-15/h6,10,13-14H,2-5,7-9,11-12H2,1H3. The first kappa shape index (κ1) is 15.0. The summed E-state index contributed by atoms with van der Waals surface area (Å²) in [5, 5.41) is 4.19. The molecule has 0 aromatic carbocycles. The molecule has 3 nitrogen and oxygen atoms in total. The van der Waals surface area contributed by atoms with E-state index in [1.807, 2.05) is 0 Å². The van der Waals surface area contributed by atoms with Crippen LogP contribution in [0.3, 0.4) is 0 Å². The van der Waals surface area contributed by atoms with Gasteiger partial charge >= 0.3 is 5.97 Å². The second-order valence-corrected chi connectivity index (χ2v) is 7.45. The van der Waals surface area contributed by atoms with Crippen molar-refractivity contribution < 1.29 is 9.53 Å². The molecule has 0 spiro atoms. The van der Waals surface area contributed by atoms with E-state index in [9.17, 15) is 4.79 Å². The van der Waals surface area contributed by atoms with Crippen LogP contribution in [0.4, 0.5) is 0 Å². The Morgan fingerprint density at radius 3 is 2.90 bits per heavy atom. The zero-order valence-corrected chi connectivity index (χ0v) is 13.7. The molecule has 1 unspecified atom stereocenters. The van der Waals surface area contributed by atoms with Crippen LogP contribution < -0.4 is 0 Å². The maximum absolute atomic E-state index is 12.8. The van der Waals surface area contributed by atoms with Crippen molar-refractivity contribution in [1.29, 1.82) is 0 Å². The van der Waals surface area contributed by atoms with E-state index in [1.54, 1.807) is 11.3 Å². The van der Waals surface area contributed by atoms with Crippen LogP contribution in [0, 0.1) is 5.92 Å². The number of hydrogen-bond acceptors (Lipinski definition) is 4. The maximum atomic E-state index is 12.8. The number of rotatable bonds is 4. The van der Waals surface area contributed by atoms with Crippen LogP contribution in [0.15, 0.2) is 16.8 Å². The first-order valence-electron chi connectivity index (χ1n) is 8.09. The van der Waals surface area contributed by atoms with Crippen LogP contribution in [0.2, 0.25) is 0 Å². The van der Waals surface area contributed by atoms with Gasteiger partial charge in [0.05, 0.1) is 12.0 Å². The van der Waals surface area contributed by atoms with E-state index < -0.39 is 0 Å². The molecule has 1 atom stereocenters. The summed E-state index contributed by atoms with van der Waals surface area (Å²) in [7, 11) is 2.15. The number of ether oxygens (including phenoxy) is 1. The molecule has 1 aliphatic carbocycles. The van der Waals surface area contributed by atoms with Crippen molar-refractivity contribution in [2.45, 2.75) is 43.9 Å². The number of esters is 1. The van der Waals surface area contributed by atoms with Crippen LogP contribution in [-0.2, 0) is 14.9 Å². The minimum Gasteiger partial charge on any atom is -0.465 e. The monoisotopic (exact) mass is 307 g/mol. The molecular weight excluding hydrogens is 282 g/mol. The van der Waals surface area contributed by atoms with Gasteiger partial charge in [0.2, 0.25) is 0 Å². The molecule has 0 radical (unpaired) electrons. The Labute approximate surface area is 131 Å². The number of carbonyl (C=O) groups excluding carboxylic acids is 1. The predicted octanol–water partition coefficient (Wildman–Crippen LogP) is 3.44. The lowest BCUT2D eigenvalue weighted by Gasteiger charge is -2.31. The molecule has 0 amide bonds. The van der Waals surface area contributed by atoms with Gasteiger partial charge in [0.1, 0.15) is 0 Å². The Kier molecular flexibility index (Phi) is 4.65. The van der Waals surface area contributed by atoms with Gasteiger partial charge in [-0.1, -0.05) is 12.8 Å². The first-order chi connectivity index (χ1) is 10.2. The molecule has 1 aromatic heterocycles.